The lowest BCUT2D eigenvalue weighted by atomic mass is 9.99. The average Bonchev–Trinajstić information content (AvgIpc) is 2.47. The van der Waals surface area contributed by atoms with Gasteiger partial charge in [0.05, 0.1) is 6.04 Å². The van der Waals surface area contributed by atoms with Crippen molar-refractivity contribution in [2.45, 2.75) is 38.8 Å². The Bertz CT molecular complexity index is 547. The van der Waals surface area contributed by atoms with E-state index in [1.54, 1.807) is 11.8 Å². The summed E-state index contributed by atoms with van der Waals surface area (Å²) in [5, 5.41) is 0. The smallest absolute Gasteiger partial charge is 0.410 e. The van der Waals surface area contributed by atoms with Gasteiger partial charge in [-0.2, -0.15) is 0 Å². The summed E-state index contributed by atoms with van der Waals surface area (Å²) in [7, 11) is 0. The summed E-state index contributed by atoms with van der Waals surface area (Å²) in [6.45, 7) is 4.36. The van der Waals surface area contributed by atoms with Crippen molar-refractivity contribution in [1.29, 1.82) is 0 Å². The molecule has 2 rings (SSSR count). The number of amides is 2. The fourth-order valence-electron chi connectivity index (χ4n) is 2.59. The normalized spacial score (nSPS) is 21.1. The summed E-state index contributed by atoms with van der Waals surface area (Å²) in [5.74, 6) is -0.644. The highest BCUT2D eigenvalue weighted by molar-refractivity contribution is 9.10. The molecule has 0 saturated carbocycles. The minimum absolute atomic E-state index is 0.0462. The van der Waals surface area contributed by atoms with E-state index in [9.17, 15) is 9.59 Å². The van der Waals surface area contributed by atoms with Crippen LogP contribution in [0.15, 0.2) is 28.7 Å². The number of carbonyl (C=O) groups excluding carboxylic acids is 2. The lowest BCUT2D eigenvalue weighted by Crippen LogP contribution is -2.44. The minimum Gasteiger partial charge on any atom is -0.446 e. The Balaban J connectivity index is 1.97. The number of nitrogens with two attached hydrogens (primary N) is 1. The van der Waals surface area contributed by atoms with E-state index in [2.05, 4.69) is 15.9 Å². The van der Waals surface area contributed by atoms with Gasteiger partial charge in [-0.15, -0.1) is 0 Å². The van der Waals surface area contributed by atoms with Crippen LogP contribution in [-0.2, 0) is 9.53 Å². The van der Waals surface area contributed by atoms with Gasteiger partial charge in [-0.3, -0.25) is 4.79 Å². The van der Waals surface area contributed by atoms with E-state index in [1.807, 2.05) is 31.2 Å². The zero-order valence-electron chi connectivity index (χ0n) is 12.8. The van der Waals surface area contributed by atoms with Crippen LogP contribution < -0.4 is 5.73 Å². The molecular formula is C16H21BrN2O3. The van der Waals surface area contributed by atoms with Crippen LogP contribution in [0.2, 0.25) is 0 Å². The maximum Gasteiger partial charge on any atom is 0.410 e. The van der Waals surface area contributed by atoms with Crippen molar-refractivity contribution in [3.05, 3.63) is 34.3 Å². The van der Waals surface area contributed by atoms with Crippen molar-refractivity contribution in [3.8, 4) is 0 Å². The second-order valence-corrected chi connectivity index (χ2v) is 6.67. The quantitative estimate of drug-likeness (QED) is 0.866. The Kier molecular flexibility index (Phi) is 5.45. The Morgan fingerprint density at radius 3 is 2.59 bits per heavy atom. The number of hydrogen-bond donors (Lipinski definition) is 1. The number of rotatable bonds is 5. The number of carbonyl (C=O) groups is 2. The van der Waals surface area contributed by atoms with Gasteiger partial charge in [-0.05, 0) is 31.0 Å². The van der Waals surface area contributed by atoms with Gasteiger partial charge in [-0.25, -0.2) is 4.79 Å². The molecule has 1 aliphatic rings. The summed E-state index contributed by atoms with van der Waals surface area (Å²) < 4.78 is 6.46. The fraction of sp³-hybridized carbons (Fsp3) is 0.500. The SMILES string of the molecule is CC(CC1CCN(C(C)c2ccc(Br)cc2)C(=O)O1)C(N)=O. The van der Waals surface area contributed by atoms with E-state index < -0.39 is 0 Å². The topological polar surface area (TPSA) is 72.6 Å². The highest BCUT2D eigenvalue weighted by atomic mass is 79.9. The Morgan fingerprint density at radius 2 is 2.05 bits per heavy atom. The fourth-order valence-corrected chi connectivity index (χ4v) is 2.86. The number of ether oxygens (including phenoxy) is 1. The van der Waals surface area contributed by atoms with Gasteiger partial charge in [0.2, 0.25) is 5.91 Å². The van der Waals surface area contributed by atoms with Gasteiger partial charge in [-0.1, -0.05) is 35.0 Å². The van der Waals surface area contributed by atoms with Gasteiger partial charge in [0, 0.05) is 23.4 Å². The van der Waals surface area contributed by atoms with E-state index >= 15 is 0 Å². The average molecular weight is 369 g/mol. The van der Waals surface area contributed by atoms with Gasteiger partial charge >= 0.3 is 6.09 Å². The van der Waals surface area contributed by atoms with Crippen LogP contribution in [0.1, 0.15) is 38.3 Å². The molecule has 120 valence electrons. The molecule has 2 N–H and O–H groups in total. The number of halogens is 1. The highest BCUT2D eigenvalue weighted by Gasteiger charge is 2.32. The molecule has 1 heterocycles. The first-order chi connectivity index (χ1) is 10.4. The number of cyclic esters (lactones) is 1. The largest absolute Gasteiger partial charge is 0.446 e. The Hall–Kier alpha value is -1.56. The molecule has 1 saturated heterocycles. The number of nitrogens with zero attached hydrogens (tertiary/aromatic N) is 1. The Morgan fingerprint density at radius 1 is 1.41 bits per heavy atom. The molecule has 0 bridgehead atoms. The van der Waals surface area contributed by atoms with Crippen LogP contribution in [0.4, 0.5) is 4.79 Å². The predicted octanol–water partition coefficient (Wildman–Crippen LogP) is 3.23. The second-order valence-electron chi connectivity index (χ2n) is 5.75. The van der Waals surface area contributed by atoms with Crippen LogP contribution >= 0.6 is 15.9 Å². The summed E-state index contributed by atoms with van der Waals surface area (Å²) in [5.41, 5.74) is 6.32. The molecule has 2 amide bonds. The molecule has 0 aromatic heterocycles. The van der Waals surface area contributed by atoms with Gasteiger partial charge in [0.1, 0.15) is 6.10 Å². The number of hydrogen-bond acceptors (Lipinski definition) is 3. The van der Waals surface area contributed by atoms with E-state index in [0.29, 0.717) is 19.4 Å². The third-order valence-electron chi connectivity index (χ3n) is 4.12. The predicted molar refractivity (Wildman–Crippen MR) is 87.1 cm³/mol. The maximum absolute atomic E-state index is 12.2. The van der Waals surface area contributed by atoms with Crippen molar-refractivity contribution in [2.75, 3.05) is 6.54 Å². The van der Waals surface area contributed by atoms with E-state index in [1.165, 1.54) is 0 Å². The molecule has 1 aromatic carbocycles. The lowest BCUT2D eigenvalue weighted by molar-refractivity contribution is -0.122. The van der Waals surface area contributed by atoms with E-state index in [-0.39, 0.29) is 30.1 Å². The van der Waals surface area contributed by atoms with Crippen LogP contribution in [0.5, 0.6) is 0 Å². The Labute approximate surface area is 138 Å². The van der Waals surface area contributed by atoms with Crippen molar-refractivity contribution in [1.82, 2.24) is 4.90 Å². The van der Waals surface area contributed by atoms with Crippen LogP contribution in [0, 0.1) is 5.92 Å². The first-order valence-electron chi connectivity index (χ1n) is 7.40. The third-order valence-corrected chi connectivity index (χ3v) is 4.64. The highest BCUT2D eigenvalue weighted by Crippen LogP contribution is 2.27. The summed E-state index contributed by atoms with van der Waals surface area (Å²) >= 11 is 3.40. The summed E-state index contributed by atoms with van der Waals surface area (Å²) in [6.07, 6.45) is 0.637. The zero-order valence-corrected chi connectivity index (χ0v) is 14.4. The van der Waals surface area contributed by atoms with Gasteiger partial charge in [0.15, 0.2) is 0 Å². The summed E-state index contributed by atoms with van der Waals surface area (Å²) in [4.78, 5) is 25.0. The lowest BCUT2D eigenvalue weighted by Gasteiger charge is -2.36. The van der Waals surface area contributed by atoms with Crippen molar-refractivity contribution in [3.63, 3.8) is 0 Å². The zero-order chi connectivity index (χ0) is 16.3. The number of benzene rings is 1. The maximum atomic E-state index is 12.2. The van der Waals surface area contributed by atoms with Gasteiger partial charge < -0.3 is 15.4 Å². The molecule has 0 spiro atoms. The molecule has 22 heavy (non-hydrogen) atoms. The third kappa shape index (κ3) is 4.00. The molecular weight excluding hydrogens is 348 g/mol. The van der Waals surface area contributed by atoms with Crippen molar-refractivity contribution >= 4 is 27.9 Å². The van der Waals surface area contributed by atoms with Crippen molar-refractivity contribution in [2.24, 2.45) is 11.7 Å². The molecule has 0 radical (unpaired) electrons. The molecule has 5 nitrogen and oxygen atoms in total. The molecule has 3 atom stereocenters. The minimum atomic E-state index is -0.360. The molecule has 3 unspecified atom stereocenters. The van der Waals surface area contributed by atoms with E-state index in [4.69, 9.17) is 10.5 Å². The molecule has 6 heteroatoms. The standard InChI is InChI=1S/C16H21BrN2O3/c1-10(15(18)20)9-14-7-8-19(16(21)22-14)11(2)12-3-5-13(17)6-4-12/h3-6,10-11,14H,7-9H2,1-2H3,(H2,18,20). The monoisotopic (exact) mass is 368 g/mol. The number of primary amides is 1. The van der Waals surface area contributed by atoms with Crippen molar-refractivity contribution < 1.29 is 14.3 Å². The summed E-state index contributed by atoms with van der Waals surface area (Å²) in [6, 6.07) is 7.85. The molecule has 1 fully saturated rings. The second kappa shape index (κ2) is 7.13. The first kappa shape index (κ1) is 16.8. The van der Waals surface area contributed by atoms with Crippen LogP contribution in [0.25, 0.3) is 0 Å². The van der Waals surface area contributed by atoms with E-state index in [0.717, 1.165) is 10.0 Å². The first-order valence-corrected chi connectivity index (χ1v) is 8.19. The van der Waals surface area contributed by atoms with Crippen LogP contribution in [0.3, 0.4) is 0 Å². The molecule has 1 aliphatic heterocycles. The van der Waals surface area contributed by atoms with Gasteiger partial charge in [0.25, 0.3) is 0 Å². The van der Waals surface area contributed by atoms with Crippen LogP contribution in [-0.4, -0.2) is 29.5 Å². The molecule has 0 aliphatic carbocycles. The molecule has 1 aromatic rings.